The molecule has 134 valence electrons. The second-order valence-electron chi connectivity index (χ2n) is 7.67. The molecule has 1 aromatic carbocycles. The van der Waals surface area contributed by atoms with Crippen LogP contribution in [0.15, 0.2) is 30.3 Å². The first-order valence-electron chi connectivity index (χ1n) is 10.1. The average Bonchev–Trinajstić information content (AvgIpc) is 2.83. The lowest BCUT2D eigenvalue weighted by Gasteiger charge is -2.34. The summed E-state index contributed by atoms with van der Waals surface area (Å²) in [6.07, 6.45) is 7.97. The van der Waals surface area contributed by atoms with Gasteiger partial charge in [-0.1, -0.05) is 37.3 Å². The quantitative estimate of drug-likeness (QED) is 0.862. The van der Waals surface area contributed by atoms with Gasteiger partial charge in [-0.3, -0.25) is 4.90 Å². The van der Waals surface area contributed by atoms with Gasteiger partial charge in [0, 0.05) is 18.6 Å². The van der Waals surface area contributed by atoms with Gasteiger partial charge in [0.1, 0.15) is 0 Å². The molecule has 0 aromatic heterocycles. The van der Waals surface area contributed by atoms with Crippen LogP contribution in [0.3, 0.4) is 0 Å². The summed E-state index contributed by atoms with van der Waals surface area (Å²) < 4.78 is 0. The Morgan fingerprint density at radius 1 is 0.875 bits per heavy atom. The van der Waals surface area contributed by atoms with Crippen LogP contribution in [0.2, 0.25) is 0 Å². The predicted molar refractivity (Wildman–Crippen MR) is 102 cm³/mol. The van der Waals surface area contributed by atoms with Crippen LogP contribution in [-0.2, 0) is 6.54 Å². The molecule has 1 aromatic rings. The maximum atomic E-state index is 3.99. The Kier molecular flexibility index (Phi) is 7.13. The normalized spacial score (nSPS) is 24.8. The topological polar surface area (TPSA) is 18.5 Å². The second-order valence-corrected chi connectivity index (χ2v) is 7.67. The number of rotatable bonds is 6. The van der Waals surface area contributed by atoms with Crippen molar-refractivity contribution in [3.63, 3.8) is 0 Å². The Balaban J connectivity index is 1.37. The van der Waals surface area contributed by atoms with Crippen LogP contribution in [0.25, 0.3) is 0 Å². The lowest BCUT2D eigenvalue weighted by molar-refractivity contribution is 0.181. The van der Waals surface area contributed by atoms with E-state index in [4.69, 9.17) is 0 Å². The third-order valence-electron chi connectivity index (χ3n) is 5.67. The van der Waals surface area contributed by atoms with Crippen LogP contribution >= 0.6 is 0 Å². The smallest absolute Gasteiger partial charge is 0.0233 e. The molecule has 0 bridgehead atoms. The second kappa shape index (κ2) is 9.55. The van der Waals surface area contributed by atoms with E-state index in [0.717, 1.165) is 18.6 Å². The molecule has 2 saturated heterocycles. The summed E-state index contributed by atoms with van der Waals surface area (Å²) in [4.78, 5) is 5.27. The molecule has 0 amide bonds. The standard InChI is InChI=1S/C21H35N3/c1-2-13-23-14-6-9-20(10-15-23)22-21-11-16-24(17-12-21)18-19-7-4-3-5-8-19/h3-5,7-8,20-22H,2,6,9-18H2,1H3. The van der Waals surface area contributed by atoms with Crippen LogP contribution in [-0.4, -0.2) is 54.6 Å². The van der Waals surface area contributed by atoms with Crippen molar-refractivity contribution in [2.75, 3.05) is 32.7 Å². The van der Waals surface area contributed by atoms with Crippen LogP contribution in [0, 0.1) is 0 Å². The summed E-state index contributed by atoms with van der Waals surface area (Å²) in [5.74, 6) is 0. The zero-order valence-electron chi connectivity index (χ0n) is 15.4. The van der Waals surface area contributed by atoms with Gasteiger partial charge in [-0.15, -0.1) is 0 Å². The minimum Gasteiger partial charge on any atom is -0.311 e. The molecule has 3 rings (SSSR count). The lowest BCUT2D eigenvalue weighted by atomic mass is 10.0. The van der Waals surface area contributed by atoms with Crippen molar-refractivity contribution in [2.24, 2.45) is 0 Å². The summed E-state index contributed by atoms with van der Waals surface area (Å²) in [6.45, 7) is 9.76. The molecule has 3 nitrogen and oxygen atoms in total. The SMILES string of the molecule is CCCN1CCCC(NC2CCN(Cc3ccccc3)CC2)CC1. The molecular weight excluding hydrogens is 294 g/mol. The van der Waals surface area contributed by atoms with Gasteiger partial charge < -0.3 is 10.2 Å². The van der Waals surface area contributed by atoms with Crippen LogP contribution < -0.4 is 5.32 Å². The van der Waals surface area contributed by atoms with Crippen molar-refractivity contribution < 1.29 is 0 Å². The van der Waals surface area contributed by atoms with Crippen molar-refractivity contribution in [1.82, 2.24) is 15.1 Å². The van der Waals surface area contributed by atoms with Crippen LogP contribution in [0.4, 0.5) is 0 Å². The Hall–Kier alpha value is -0.900. The fourth-order valence-corrected chi connectivity index (χ4v) is 4.30. The molecule has 1 unspecified atom stereocenters. The van der Waals surface area contributed by atoms with E-state index >= 15 is 0 Å². The first kappa shape index (κ1) is 17.9. The molecule has 2 aliphatic rings. The van der Waals surface area contributed by atoms with Gasteiger partial charge in [0.05, 0.1) is 0 Å². The van der Waals surface area contributed by atoms with E-state index in [2.05, 4.69) is 52.4 Å². The van der Waals surface area contributed by atoms with Crippen molar-refractivity contribution in [1.29, 1.82) is 0 Å². The third-order valence-corrected chi connectivity index (χ3v) is 5.67. The lowest BCUT2D eigenvalue weighted by Crippen LogP contribution is -2.46. The summed E-state index contributed by atoms with van der Waals surface area (Å²) in [5, 5.41) is 3.99. The van der Waals surface area contributed by atoms with Gasteiger partial charge in [0.15, 0.2) is 0 Å². The zero-order valence-corrected chi connectivity index (χ0v) is 15.4. The van der Waals surface area contributed by atoms with Gasteiger partial charge in [-0.05, 0) is 76.8 Å². The highest BCUT2D eigenvalue weighted by Crippen LogP contribution is 2.17. The molecule has 3 heteroatoms. The number of hydrogen-bond acceptors (Lipinski definition) is 3. The van der Waals surface area contributed by atoms with Crippen LogP contribution in [0.5, 0.6) is 0 Å². The summed E-state index contributed by atoms with van der Waals surface area (Å²) in [6, 6.07) is 12.4. The number of likely N-dealkylation sites (tertiary alicyclic amines) is 2. The van der Waals surface area contributed by atoms with Crippen LogP contribution in [0.1, 0.15) is 51.0 Å². The van der Waals surface area contributed by atoms with Gasteiger partial charge in [0.2, 0.25) is 0 Å². The molecule has 0 aliphatic carbocycles. The molecule has 24 heavy (non-hydrogen) atoms. The van der Waals surface area contributed by atoms with E-state index in [1.54, 1.807) is 0 Å². The molecule has 0 saturated carbocycles. The van der Waals surface area contributed by atoms with Crippen molar-refractivity contribution in [3.8, 4) is 0 Å². The first-order valence-corrected chi connectivity index (χ1v) is 10.1. The highest BCUT2D eigenvalue weighted by Gasteiger charge is 2.23. The predicted octanol–water partition coefficient (Wildman–Crippen LogP) is 3.51. The molecule has 0 radical (unpaired) electrons. The number of nitrogens with zero attached hydrogens (tertiary/aromatic N) is 2. The highest BCUT2D eigenvalue weighted by atomic mass is 15.2. The average molecular weight is 330 g/mol. The molecule has 2 fully saturated rings. The molecule has 2 heterocycles. The third kappa shape index (κ3) is 5.58. The van der Waals surface area contributed by atoms with E-state index < -0.39 is 0 Å². The maximum absolute atomic E-state index is 3.99. The first-order chi connectivity index (χ1) is 11.8. The number of nitrogens with one attached hydrogen (secondary N) is 1. The molecule has 0 spiro atoms. The summed E-state index contributed by atoms with van der Waals surface area (Å²) in [5.41, 5.74) is 1.45. The Morgan fingerprint density at radius 2 is 1.54 bits per heavy atom. The number of piperidine rings is 1. The zero-order chi connectivity index (χ0) is 16.6. The van der Waals surface area contributed by atoms with Gasteiger partial charge >= 0.3 is 0 Å². The summed E-state index contributed by atoms with van der Waals surface area (Å²) >= 11 is 0. The molecule has 1 atom stereocenters. The van der Waals surface area contributed by atoms with E-state index in [0.29, 0.717) is 0 Å². The molecule has 1 N–H and O–H groups in total. The largest absolute Gasteiger partial charge is 0.311 e. The maximum Gasteiger partial charge on any atom is 0.0233 e. The fourth-order valence-electron chi connectivity index (χ4n) is 4.30. The van der Waals surface area contributed by atoms with E-state index in [9.17, 15) is 0 Å². The van der Waals surface area contributed by atoms with Gasteiger partial charge in [-0.2, -0.15) is 0 Å². The van der Waals surface area contributed by atoms with E-state index in [1.165, 1.54) is 76.8 Å². The Morgan fingerprint density at radius 3 is 2.25 bits per heavy atom. The summed E-state index contributed by atoms with van der Waals surface area (Å²) in [7, 11) is 0. The van der Waals surface area contributed by atoms with Gasteiger partial charge in [-0.25, -0.2) is 0 Å². The minimum absolute atomic E-state index is 0.736. The number of hydrogen-bond donors (Lipinski definition) is 1. The Bertz CT molecular complexity index is 453. The molecule has 2 aliphatic heterocycles. The Labute approximate surface area is 148 Å². The molecular formula is C21H35N3. The van der Waals surface area contributed by atoms with Crippen molar-refractivity contribution in [2.45, 2.75) is 64.1 Å². The number of benzene rings is 1. The van der Waals surface area contributed by atoms with E-state index in [-0.39, 0.29) is 0 Å². The minimum atomic E-state index is 0.736. The highest BCUT2D eigenvalue weighted by molar-refractivity contribution is 5.14. The van der Waals surface area contributed by atoms with Crippen molar-refractivity contribution in [3.05, 3.63) is 35.9 Å². The fraction of sp³-hybridized carbons (Fsp3) is 0.714. The van der Waals surface area contributed by atoms with Gasteiger partial charge in [0.25, 0.3) is 0 Å². The van der Waals surface area contributed by atoms with E-state index in [1.807, 2.05) is 0 Å². The van der Waals surface area contributed by atoms with Crippen molar-refractivity contribution >= 4 is 0 Å². The monoisotopic (exact) mass is 329 g/mol.